The van der Waals surface area contributed by atoms with E-state index in [1.165, 1.54) is 0 Å². The summed E-state index contributed by atoms with van der Waals surface area (Å²) in [5.41, 5.74) is -0.263. The third-order valence-corrected chi connectivity index (χ3v) is 4.05. The van der Waals surface area contributed by atoms with Crippen molar-refractivity contribution >= 4 is 10.2 Å². The molecule has 0 aliphatic carbocycles. The van der Waals surface area contributed by atoms with E-state index in [0.717, 1.165) is 19.4 Å². The Hall–Kier alpha value is -0.210. The zero-order valence-electron chi connectivity index (χ0n) is 10.7. The maximum atomic E-state index is 11.7. The van der Waals surface area contributed by atoms with Crippen molar-refractivity contribution in [1.82, 2.24) is 14.8 Å². The van der Waals surface area contributed by atoms with E-state index >= 15 is 0 Å². The zero-order chi connectivity index (χ0) is 12.9. The summed E-state index contributed by atoms with van der Waals surface area (Å²) < 4.78 is 33.5. The maximum absolute atomic E-state index is 11.7. The van der Waals surface area contributed by atoms with Crippen LogP contribution in [0, 0.1) is 0 Å². The molecule has 6 nitrogen and oxygen atoms in total. The SMILES string of the molecule is COCC1(CNS(=O)(=O)NC(C)C)CCCN1. The van der Waals surface area contributed by atoms with Gasteiger partial charge in [-0.1, -0.05) is 0 Å². The van der Waals surface area contributed by atoms with Crippen LogP contribution in [-0.4, -0.2) is 46.8 Å². The van der Waals surface area contributed by atoms with Crippen LogP contribution >= 0.6 is 0 Å². The molecule has 0 spiro atoms. The van der Waals surface area contributed by atoms with Gasteiger partial charge in [0.05, 0.1) is 12.1 Å². The number of hydrogen-bond acceptors (Lipinski definition) is 4. The molecule has 0 aromatic heterocycles. The molecule has 1 saturated heterocycles. The Morgan fingerprint density at radius 1 is 1.47 bits per heavy atom. The van der Waals surface area contributed by atoms with Crippen LogP contribution in [0.2, 0.25) is 0 Å². The van der Waals surface area contributed by atoms with Crippen molar-refractivity contribution in [3.8, 4) is 0 Å². The second-order valence-electron chi connectivity index (χ2n) is 4.84. The van der Waals surface area contributed by atoms with Gasteiger partial charge < -0.3 is 10.1 Å². The number of rotatable bonds is 7. The van der Waals surface area contributed by atoms with Crippen LogP contribution in [-0.2, 0) is 14.9 Å². The molecule has 102 valence electrons. The Bertz CT molecular complexity index is 324. The van der Waals surface area contributed by atoms with Gasteiger partial charge in [-0.15, -0.1) is 0 Å². The van der Waals surface area contributed by atoms with Crippen LogP contribution in [0.4, 0.5) is 0 Å². The monoisotopic (exact) mass is 265 g/mol. The minimum atomic E-state index is -3.42. The van der Waals surface area contributed by atoms with E-state index < -0.39 is 10.2 Å². The highest BCUT2D eigenvalue weighted by atomic mass is 32.2. The molecular formula is C10H23N3O3S. The summed E-state index contributed by atoms with van der Waals surface area (Å²) in [4.78, 5) is 0. The molecule has 1 rings (SSSR count). The first-order valence-corrected chi connectivity index (χ1v) is 7.38. The quantitative estimate of drug-likeness (QED) is 0.584. The molecule has 1 aliphatic rings. The summed E-state index contributed by atoms with van der Waals surface area (Å²) in [5, 5.41) is 3.32. The minimum Gasteiger partial charge on any atom is -0.383 e. The first-order valence-electron chi connectivity index (χ1n) is 5.90. The fourth-order valence-corrected chi connectivity index (χ4v) is 3.23. The number of methoxy groups -OCH3 is 1. The lowest BCUT2D eigenvalue weighted by Gasteiger charge is -2.29. The largest absolute Gasteiger partial charge is 0.383 e. The van der Waals surface area contributed by atoms with Gasteiger partial charge >= 0.3 is 0 Å². The molecule has 0 amide bonds. The van der Waals surface area contributed by atoms with Crippen LogP contribution in [0.1, 0.15) is 26.7 Å². The fraction of sp³-hybridized carbons (Fsp3) is 1.00. The predicted molar refractivity (Wildman–Crippen MR) is 67.0 cm³/mol. The molecule has 0 saturated carbocycles. The Kier molecular flexibility index (Phi) is 5.33. The van der Waals surface area contributed by atoms with Gasteiger partial charge in [0.25, 0.3) is 10.2 Å². The molecular weight excluding hydrogens is 242 g/mol. The molecule has 7 heteroatoms. The van der Waals surface area contributed by atoms with E-state index in [1.807, 2.05) is 0 Å². The second-order valence-corrected chi connectivity index (χ2v) is 6.37. The third kappa shape index (κ3) is 4.89. The van der Waals surface area contributed by atoms with Gasteiger partial charge in [0.2, 0.25) is 0 Å². The van der Waals surface area contributed by atoms with Gasteiger partial charge in [0.15, 0.2) is 0 Å². The molecule has 3 N–H and O–H groups in total. The van der Waals surface area contributed by atoms with Crippen molar-refractivity contribution < 1.29 is 13.2 Å². The summed E-state index contributed by atoms with van der Waals surface area (Å²) in [5.74, 6) is 0. The molecule has 1 fully saturated rings. The van der Waals surface area contributed by atoms with Gasteiger partial charge in [-0.25, -0.2) is 4.72 Å². The van der Waals surface area contributed by atoms with Crippen LogP contribution in [0.5, 0.6) is 0 Å². The average molecular weight is 265 g/mol. The lowest BCUT2D eigenvalue weighted by atomic mass is 9.99. The molecule has 0 bridgehead atoms. The second kappa shape index (κ2) is 6.10. The van der Waals surface area contributed by atoms with Crippen molar-refractivity contribution in [2.24, 2.45) is 0 Å². The summed E-state index contributed by atoms with van der Waals surface area (Å²) in [7, 11) is -1.79. The van der Waals surface area contributed by atoms with Crippen LogP contribution in [0.25, 0.3) is 0 Å². The van der Waals surface area contributed by atoms with Crippen molar-refractivity contribution in [3.05, 3.63) is 0 Å². The molecule has 0 aromatic carbocycles. The van der Waals surface area contributed by atoms with Gasteiger partial charge in [-0.3, -0.25) is 0 Å². The van der Waals surface area contributed by atoms with E-state index in [2.05, 4.69) is 14.8 Å². The summed E-state index contributed by atoms with van der Waals surface area (Å²) in [6.45, 7) is 5.35. The standard InChI is InChI=1S/C10H23N3O3S/c1-9(2)13-17(14,15)12-7-10(8-16-3)5-4-6-11-10/h9,11-13H,4-8H2,1-3H3. The van der Waals surface area contributed by atoms with E-state index in [-0.39, 0.29) is 11.6 Å². The van der Waals surface area contributed by atoms with Crippen LogP contribution in [0.3, 0.4) is 0 Å². The topological polar surface area (TPSA) is 79.5 Å². The molecule has 1 heterocycles. The first-order chi connectivity index (χ1) is 7.89. The molecule has 17 heavy (non-hydrogen) atoms. The molecule has 1 atom stereocenters. The van der Waals surface area contributed by atoms with E-state index in [4.69, 9.17) is 4.74 Å². The third-order valence-electron chi connectivity index (χ3n) is 2.74. The highest BCUT2D eigenvalue weighted by molar-refractivity contribution is 7.87. The highest BCUT2D eigenvalue weighted by Gasteiger charge is 2.34. The van der Waals surface area contributed by atoms with Crippen molar-refractivity contribution in [1.29, 1.82) is 0 Å². The Labute approximate surface area is 104 Å². The highest BCUT2D eigenvalue weighted by Crippen LogP contribution is 2.18. The van der Waals surface area contributed by atoms with E-state index in [0.29, 0.717) is 13.2 Å². The van der Waals surface area contributed by atoms with Crippen LogP contribution in [0.15, 0.2) is 0 Å². The van der Waals surface area contributed by atoms with Crippen molar-refractivity contribution in [2.45, 2.75) is 38.3 Å². The average Bonchev–Trinajstić information content (AvgIpc) is 2.63. The molecule has 1 unspecified atom stereocenters. The van der Waals surface area contributed by atoms with Crippen molar-refractivity contribution in [3.63, 3.8) is 0 Å². The Balaban J connectivity index is 2.52. The molecule has 1 aliphatic heterocycles. The normalized spacial score (nSPS) is 25.6. The van der Waals surface area contributed by atoms with Gasteiger partial charge in [-0.2, -0.15) is 13.1 Å². The van der Waals surface area contributed by atoms with Crippen LogP contribution < -0.4 is 14.8 Å². The van der Waals surface area contributed by atoms with Gasteiger partial charge in [0.1, 0.15) is 0 Å². The lowest BCUT2D eigenvalue weighted by Crippen LogP contribution is -2.55. The van der Waals surface area contributed by atoms with E-state index in [9.17, 15) is 8.42 Å². The number of ether oxygens (including phenoxy) is 1. The Morgan fingerprint density at radius 2 is 2.18 bits per heavy atom. The summed E-state index contributed by atoms with van der Waals surface area (Å²) in [6.07, 6.45) is 1.97. The van der Waals surface area contributed by atoms with Gasteiger partial charge in [-0.05, 0) is 33.2 Å². The van der Waals surface area contributed by atoms with Crippen molar-refractivity contribution in [2.75, 3.05) is 26.8 Å². The maximum Gasteiger partial charge on any atom is 0.277 e. The minimum absolute atomic E-state index is 0.109. The predicted octanol–water partition coefficient (Wildman–Crippen LogP) is -0.413. The fourth-order valence-electron chi connectivity index (χ4n) is 2.06. The number of hydrogen-bond donors (Lipinski definition) is 3. The van der Waals surface area contributed by atoms with E-state index in [1.54, 1.807) is 21.0 Å². The molecule has 0 aromatic rings. The zero-order valence-corrected chi connectivity index (χ0v) is 11.6. The summed E-state index contributed by atoms with van der Waals surface area (Å²) >= 11 is 0. The number of nitrogens with one attached hydrogen (secondary N) is 3. The Morgan fingerprint density at radius 3 is 2.65 bits per heavy atom. The first kappa shape index (κ1) is 14.8. The smallest absolute Gasteiger partial charge is 0.277 e. The molecule has 0 radical (unpaired) electrons. The van der Waals surface area contributed by atoms with Gasteiger partial charge in [0, 0.05) is 19.7 Å². The summed E-state index contributed by atoms with van der Waals surface area (Å²) in [6, 6.07) is -0.109. The lowest BCUT2D eigenvalue weighted by molar-refractivity contribution is 0.122.